The van der Waals surface area contributed by atoms with Crippen molar-refractivity contribution >= 4 is 22.5 Å². The van der Waals surface area contributed by atoms with E-state index in [0.717, 1.165) is 10.9 Å². The molecule has 0 aliphatic heterocycles. The number of rotatable bonds is 1. The van der Waals surface area contributed by atoms with Gasteiger partial charge in [0.25, 0.3) is 5.56 Å². The number of fused-ring (bicyclic) bond motifs is 1. The Labute approximate surface area is 104 Å². The van der Waals surface area contributed by atoms with Crippen molar-refractivity contribution < 1.29 is 0 Å². The van der Waals surface area contributed by atoms with Gasteiger partial charge in [-0.1, -0.05) is 17.7 Å². The second-order valence-electron chi connectivity index (χ2n) is 4.02. The zero-order valence-electron chi connectivity index (χ0n) is 9.57. The predicted octanol–water partition coefficient (Wildman–Crippen LogP) is 2.82. The van der Waals surface area contributed by atoms with Crippen LogP contribution in [0.15, 0.2) is 29.1 Å². The van der Waals surface area contributed by atoms with Gasteiger partial charge in [0, 0.05) is 17.6 Å². The van der Waals surface area contributed by atoms with E-state index >= 15 is 0 Å². The van der Waals surface area contributed by atoms with Crippen molar-refractivity contribution in [2.45, 2.75) is 12.8 Å². The molecule has 0 aliphatic rings. The highest BCUT2D eigenvalue weighted by atomic mass is 35.5. The van der Waals surface area contributed by atoms with Gasteiger partial charge in [0.2, 0.25) is 0 Å². The molecule has 0 fully saturated rings. The van der Waals surface area contributed by atoms with Crippen molar-refractivity contribution in [1.82, 2.24) is 4.57 Å². The molecule has 0 aliphatic carbocycles. The van der Waals surface area contributed by atoms with Gasteiger partial charge in [0.1, 0.15) is 0 Å². The summed E-state index contributed by atoms with van der Waals surface area (Å²) in [4.78, 5) is 12.1. The largest absolute Gasteiger partial charge is 0.311 e. The molecule has 17 heavy (non-hydrogen) atoms. The van der Waals surface area contributed by atoms with Gasteiger partial charge in [0.05, 0.1) is 17.5 Å². The van der Waals surface area contributed by atoms with E-state index in [1.165, 1.54) is 4.57 Å². The van der Waals surface area contributed by atoms with Crippen LogP contribution in [0.2, 0.25) is 5.02 Å². The number of hydrogen-bond acceptors (Lipinski definition) is 2. The van der Waals surface area contributed by atoms with Crippen LogP contribution in [0.1, 0.15) is 18.4 Å². The molecule has 0 amide bonds. The Morgan fingerprint density at radius 2 is 2.12 bits per heavy atom. The van der Waals surface area contributed by atoms with Crippen LogP contribution in [0.5, 0.6) is 0 Å². The van der Waals surface area contributed by atoms with E-state index in [2.05, 4.69) is 6.07 Å². The molecule has 1 atom stereocenters. The van der Waals surface area contributed by atoms with Gasteiger partial charge in [-0.15, -0.1) is 0 Å². The fraction of sp³-hybridized carbons (Fsp3) is 0.231. The third-order valence-corrected chi connectivity index (χ3v) is 3.11. The van der Waals surface area contributed by atoms with Crippen molar-refractivity contribution in [2.75, 3.05) is 0 Å². The zero-order chi connectivity index (χ0) is 12.6. The van der Waals surface area contributed by atoms with Gasteiger partial charge < -0.3 is 4.57 Å². The van der Waals surface area contributed by atoms with Gasteiger partial charge in [0.15, 0.2) is 0 Å². The SMILES string of the molecule is CC(C#N)c1cc2ccc(Cl)cc2n(C)c1=O. The van der Waals surface area contributed by atoms with Gasteiger partial charge in [-0.2, -0.15) is 5.26 Å². The highest BCUT2D eigenvalue weighted by Crippen LogP contribution is 2.20. The minimum atomic E-state index is -0.409. The van der Waals surface area contributed by atoms with Crippen molar-refractivity contribution in [1.29, 1.82) is 5.26 Å². The van der Waals surface area contributed by atoms with Crippen LogP contribution in [0.25, 0.3) is 10.9 Å². The molecule has 2 rings (SSSR count). The molecule has 1 aromatic carbocycles. The van der Waals surface area contributed by atoms with Gasteiger partial charge in [-0.25, -0.2) is 0 Å². The number of nitriles is 1. The maximum atomic E-state index is 12.1. The Hall–Kier alpha value is -1.79. The van der Waals surface area contributed by atoms with Crippen LogP contribution in [-0.4, -0.2) is 4.57 Å². The summed E-state index contributed by atoms with van der Waals surface area (Å²) in [5.74, 6) is -0.409. The van der Waals surface area contributed by atoms with E-state index < -0.39 is 5.92 Å². The van der Waals surface area contributed by atoms with Gasteiger partial charge in [-0.3, -0.25) is 4.79 Å². The molecule has 1 heterocycles. The maximum Gasteiger partial charge on any atom is 0.255 e. The Bertz CT molecular complexity index is 682. The summed E-state index contributed by atoms with van der Waals surface area (Å²) < 4.78 is 1.53. The van der Waals surface area contributed by atoms with Crippen molar-refractivity contribution in [2.24, 2.45) is 7.05 Å². The molecule has 0 bridgehead atoms. The number of halogens is 1. The summed E-state index contributed by atoms with van der Waals surface area (Å²) in [5.41, 5.74) is 1.15. The molecule has 0 saturated heterocycles. The summed E-state index contributed by atoms with van der Waals surface area (Å²) in [5, 5.41) is 10.4. The Kier molecular flexibility index (Phi) is 2.91. The second kappa shape index (κ2) is 4.23. The van der Waals surface area contributed by atoms with Crippen molar-refractivity contribution in [3.63, 3.8) is 0 Å². The molecule has 4 heteroatoms. The third-order valence-electron chi connectivity index (χ3n) is 2.88. The van der Waals surface area contributed by atoms with Crippen LogP contribution < -0.4 is 5.56 Å². The maximum absolute atomic E-state index is 12.1. The first-order valence-corrected chi connectivity index (χ1v) is 5.61. The molecular weight excluding hydrogens is 236 g/mol. The first-order valence-electron chi connectivity index (χ1n) is 5.23. The Morgan fingerprint density at radius 3 is 2.76 bits per heavy atom. The average Bonchev–Trinajstić information content (AvgIpc) is 2.33. The first kappa shape index (κ1) is 11.7. The van der Waals surface area contributed by atoms with Crippen LogP contribution in [0, 0.1) is 11.3 Å². The number of pyridine rings is 1. The fourth-order valence-electron chi connectivity index (χ4n) is 1.84. The Morgan fingerprint density at radius 1 is 1.41 bits per heavy atom. The molecule has 0 spiro atoms. The van der Waals surface area contributed by atoms with Crippen LogP contribution in [-0.2, 0) is 7.05 Å². The van der Waals surface area contributed by atoms with E-state index in [-0.39, 0.29) is 5.56 Å². The average molecular weight is 247 g/mol. The minimum Gasteiger partial charge on any atom is -0.311 e. The molecule has 1 unspecified atom stereocenters. The van der Waals surface area contributed by atoms with Crippen LogP contribution >= 0.6 is 11.6 Å². The number of aryl methyl sites for hydroxylation is 1. The molecule has 0 radical (unpaired) electrons. The highest BCUT2D eigenvalue weighted by molar-refractivity contribution is 6.31. The van der Waals surface area contributed by atoms with Crippen LogP contribution in [0.4, 0.5) is 0 Å². The number of nitrogens with zero attached hydrogens (tertiary/aromatic N) is 2. The second-order valence-corrected chi connectivity index (χ2v) is 4.45. The topological polar surface area (TPSA) is 45.8 Å². The third kappa shape index (κ3) is 1.92. The molecule has 86 valence electrons. The van der Waals surface area contributed by atoms with E-state index in [9.17, 15) is 4.79 Å². The molecule has 0 saturated carbocycles. The van der Waals surface area contributed by atoms with Gasteiger partial charge in [-0.05, 0) is 30.5 Å². The van der Waals surface area contributed by atoms with E-state index in [0.29, 0.717) is 10.6 Å². The first-order chi connectivity index (χ1) is 8.04. The highest BCUT2D eigenvalue weighted by Gasteiger charge is 2.12. The number of aromatic nitrogens is 1. The fourth-order valence-corrected chi connectivity index (χ4v) is 2.01. The van der Waals surface area contributed by atoms with E-state index in [1.54, 1.807) is 32.2 Å². The van der Waals surface area contributed by atoms with Gasteiger partial charge >= 0.3 is 0 Å². The normalized spacial score (nSPS) is 12.4. The molecule has 3 nitrogen and oxygen atoms in total. The lowest BCUT2D eigenvalue weighted by Gasteiger charge is -2.09. The smallest absolute Gasteiger partial charge is 0.255 e. The summed E-state index contributed by atoms with van der Waals surface area (Å²) in [6.07, 6.45) is 0. The molecule has 1 aromatic heterocycles. The quantitative estimate of drug-likeness (QED) is 0.777. The van der Waals surface area contributed by atoms with Crippen LogP contribution in [0.3, 0.4) is 0 Å². The lowest BCUT2D eigenvalue weighted by atomic mass is 10.0. The number of benzene rings is 1. The van der Waals surface area contributed by atoms with E-state index in [1.807, 2.05) is 6.07 Å². The molecular formula is C13H11ClN2O. The lowest BCUT2D eigenvalue weighted by molar-refractivity contribution is 0.850. The van der Waals surface area contributed by atoms with Crippen molar-refractivity contribution in [3.8, 4) is 6.07 Å². The summed E-state index contributed by atoms with van der Waals surface area (Å²) >= 11 is 5.90. The standard InChI is InChI=1S/C13H11ClN2O/c1-8(7-15)11-5-9-3-4-10(14)6-12(9)16(2)13(11)17/h3-6,8H,1-2H3. The zero-order valence-corrected chi connectivity index (χ0v) is 10.3. The lowest BCUT2D eigenvalue weighted by Crippen LogP contribution is -2.22. The molecule has 0 N–H and O–H groups in total. The monoisotopic (exact) mass is 246 g/mol. The predicted molar refractivity (Wildman–Crippen MR) is 68.2 cm³/mol. The summed E-state index contributed by atoms with van der Waals surface area (Å²) in [7, 11) is 1.69. The summed E-state index contributed by atoms with van der Waals surface area (Å²) in [6, 6.07) is 9.23. The van der Waals surface area contributed by atoms with Crippen molar-refractivity contribution in [3.05, 3.63) is 45.2 Å². The Balaban J connectivity index is 2.85. The summed E-state index contributed by atoms with van der Waals surface area (Å²) in [6.45, 7) is 1.72. The van der Waals surface area contributed by atoms with E-state index in [4.69, 9.17) is 16.9 Å². The number of hydrogen-bond donors (Lipinski definition) is 0. The molecule has 2 aromatic rings. The minimum absolute atomic E-state index is 0.145.